The van der Waals surface area contributed by atoms with Gasteiger partial charge in [-0.2, -0.15) is 0 Å². The fraction of sp³-hybridized carbons (Fsp3) is 0.750. The third-order valence-electron chi connectivity index (χ3n) is 1.53. The molecule has 0 saturated carbocycles. The maximum Gasteiger partial charge on any atom is 0.327 e. The van der Waals surface area contributed by atoms with Crippen LogP contribution in [0.15, 0.2) is 0 Å². The second kappa shape index (κ2) is 7.33. The highest BCUT2D eigenvalue weighted by molar-refractivity contribution is 7.85. The van der Waals surface area contributed by atoms with Crippen LogP contribution in [0.3, 0.4) is 0 Å². The van der Waals surface area contributed by atoms with Crippen molar-refractivity contribution in [1.82, 2.24) is 5.32 Å². The maximum atomic E-state index is 11.7. The van der Waals surface area contributed by atoms with Crippen LogP contribution in [0.4, 0.5) is 4.39 Å². The molecule has 0 bridgehead atoms. The molecular formula is C8H14FNO4S. The molecule has 0 aromatic heterocycles. The maximum absolute atomic E-state index is 11.7. The first-order valence-electron chi connectivity index (χ1n) is 4.38. The van der Waals surface area contributed by atoms with Crippen LogP contribution in [0, 0.1) is 0 Å². The standard InChI is InChI=1S/C8H14FNO4S/c1-6(11)10-7(8(12)13)5-15(14)4-2-3-9/h7H,2-5H2,1H3,(H,10,11)(H,12,13)/t7-,15?/m0/s1. The van der Waals surface area contributed by atoms with Crippen LogP contribution in [-0.4, -0.2) is 45.4 Å². The monoisotopic (exact) mass is 239 g/mol. The van der Waals surface area contributed by atoms with Gasteiger partial charge in [0, 0.05) is 23.5 Å². The van der Waals surface area contributed by atoms with Crippen LogP contribution in [0.1, 0.15) is 13.3 Å². The molecule has 1 unspecified atom stereocenters. The molecule has 0 rings (SSSR count). The van der Waals surface area contributed by atoms with Gasteiger partial charge in [-0.25, -0.2) is 4.79 Å². The Bertz CT molecular complexity index is 259. The van der Waals surface area contributed by atoms with E-state index in [1.54, 1.807) is 0 Å². The molecule has 2 atom stereocenters. The van der Waals surface area contributed by atoms with E-state index in [0.29, 0.717) is 0 Å². The number of amides is 1. The predicted octanol–water partition coefficient (Wildman–Crippen LogP) is -0.316. The molecule has 88 valence electrons. The van der Waals surface area contributed by atoms with Gasteiger partial charge in [0.1, 0.15) is 6.04 Å². The number of halogens is 1. The zero-order valence-corrected chi connectivity index (χ0v) is 9.18. The van der Waals surface area contributed by atoms with Gasteiger partial charge in [-0.05, 0) is 6.42 Å². The molecule has 0 aliphatic heterocycles. The van der Waals surface area contributed by atoms with E-state index >= 15 is 0 Å². The minimum Gasteiger partial charge on any atom is -0.480 e. The second-order valence-corrected chi connectivity index (χ2v) is 4.57. The summed E-state index contributed by atoms with van der Waals surface area (Å²) >= 11 is 0. The smallest absolute Gasteiger partial charge is 0.327 e. The van der Waals surface area contributed by atoms with E-state index in [0.717, 1.165) is 0 Å². The molecule has 7 heteroatoms. The molecular weight excluding hydrogens is 225 g/mol. The Balaban J connectivity index is 4.10. The quantitative estimate of drug-likeness (QED) is 0.638. The normalized spacial score (nSPS) is 14.3. The van der Waals surface area contributed by atoms with Gasteiger partial charge in [-0.1, -0.05) is 0 Å². The summed E-state index contributed by atoms with van der Waals surface area (Å²) in [7, 11) is -1.42. The van der Waals surface area contributed by atoms with Gasteiger partial charge in [0.2, 0.25) is 5.91 Å². The van der Waals surface area contributed by atoms with E-state index in [1.807, 2.05) is 0 Å². The molecule has 0 aliphatic carbocycles. The van der Waals surface area contributed by atoms with Crippen molar-refractivity contribution in [2.24, 2.45) is 0 Å². The van der Waals surface area contributed by atoms with Gasteiger partial charge in [0.25, 0.3) is 0 Å². The predicted molar refractivity (Wildman–Crippen MR) is 53.7 cm³/mol. The first kappa shape index (κ1) is 14.0. The first-order valence-corrected chi connectivity index (χ1v) is 5.87. The molecule has 1 amide bonds. The lowest BCUT2D eigenvalue weighted by atomic mass is 10.3. The highest BCUT2D eigenvalue weighted by Crippen LogP contribution is 1.94. The minimum atomic E-state index is -1.42. The van der Waals surface area contributed by atoms with Gasteiger partial charge < -0.3 is 10.4 Å². The first-order chi connectivity index (χ1) is 6.97. The number of carbonyl (C=O) groups is 2. The Kier molecular flexibility index (Phi) is 6.85. The average molecular weight is 239 g/mol. The number of carboxylic acids is 1. The SMILES string of the molecule is CC(=O)N[C@@H](CS(=O)CCCF)C(=O)O. The Morgan fingerprint density at radius 2 is 2.13 bits per heavy atom. The van der Waals surface area contributed by atoms with Crippen LogP contribution in [-0.2, 0) is 20.4 Å². The summed E-state index contributed by atoms with van der Waals surface area (Å²) in [5, 5.41) is 10.8. The van der Waals surface area contributed by atoms with Crippen LogP contribution >= 0.6 is 0 Å². The number of carboxylic acid groups (broad SMARTS) is 1. The van der Waals surface area contributed by atoms with Crippen molar-refractivity contribution in [1.29, 1.82) is 0 Å². The second-order valence-electron chi connectivity index (χ2n) is 2.94. The van der Waals surface area contributed by atoms with Crippen LogP contribution in [0.5, 0.6) is 0 Å². The lowest BCUT2D eigenvalue weighted by Crippen LogP contribution is -2.43. The zero-order valence-electron chi connectivity index (χ0n) is 8.36. The fourth-order valence-corrected chi connectivity index (χ4v) is 2.10. The van der Waals surface area contributed by atoms with Crippen LogP contribution in [0.25, 0.3) is 0 Å². The van der Waals surface area contributed by atoms with Crippen molar-refractivity contribution in [3.8, 4) is 0 Å². The Morgan fingerprint density at radius 1 is 1.53 bits per heavy atom. The molecule has 0 aromatic rings. The fourth-order valence-electron chi connectivity index (χ4n) is 0.905. The third kappa shape index (κ3) is 7.01. The summed E-state index contributed by atoms with van der Waals surface area (Å²) in [6, 6.07) is -1.16. The van der Waals surface area contributed by atoms with Gasteiger partial charge in [0.15, 0.2) is 0 Å². The Morgan fingerprint density at radius 3 is 2.53 bits per heavy atom. The number of hydrogen-bond acceptors (Lipinski definition) is 3. The van der Waals surface area contributed by atoms with E-state index in [-0.39, 0.29) is 17.9 Å². The van der Waals surface area contributed by atoms with Crippen molar-refractivity contribution in [3.05, 3.63) is 0 Å². The largest absolute Gasteiger partial charge is 0.480 e. The summed E-state index contributed by atoms with van der Waals surface area (Å²) < 4.78 is 23.0. The van der Waals surface area contributed by atoms with Gasteiger partial charge in [-0.15, -0.1) is 0 Å². The summed E-state index contributed by atoms with van der Waals surface area (Å²) in [6.45, 7) is 0.601. The molecule has 2 N–H and O–H groups in total. The van der Waals surface area contributed by atoms with E-state index in [1.165, 1.54) is 6.92 Å². The number of rotatable bonds is 7. The van der Waals surface area contributed by atoms with Crippen molar-refractivity contribution < 1.29 is 23.3 Å². The zero-order chi connectivity index (χ0) is 11.8. The van der Waals surface area contributed by atoms with Crippen molar-refractivity contribution in [2.75, 3.05) is 18.2 Å². The topological polar surface area (TPSA) is 83.5 Å². The summed E-state index contributed by atoms with van der Waals surface area (Å²) in [5.74, 6) is -1.81. The minimum absolute atomic E-state index is 0.111. The van der Waals surface area contributed by atoms with E-state index in [2.05, 4.69) is 5.32 Å². The Hall–Kier alpha value is -0.980. The number of carbonyl (C=O) groups excluding carboxylic acids is 1. The number of hydrogen-bond donors (Lipinski definition) is 2. The van der Waals surface area contributed by atoms with Crippen LogP contribution in [0.2, 0.25) is 0 Å². The number of nitrogens with one attached hydrogen (secondary N) is 1. The molecule has 0 heterocycles. The molecule has 0 aliphatic rings. The van der Waals surface area contributed by atoms with Crippen LogP contribution < -0.4 is 5.32 Å². The molecule has 0 saturated heterocycles. The Labute approximate surface area is 89.5 Å². The van der Waals surface area contributed by atoms with Gasteiger partial charge in [0.05, 0.1) is 12.4 Å². The summed E-state index contributed by atoms with van der Waals surface area (Å²) in [5.41, 5.74) is 0. The molecule has 0 spiro atoms. The molecule has 5 nitrogen and oxygen atoms in total. The summed E-state index contributed by atoms with van der Waals surface area (Å²) in [6.07, 6.45) is 0.138. The number of alkyl halides is 1. The van der Waals surface area contributed by atoms with E-state index < -0.39 is 35.4 Å². The lowest BCUT2D eigenvalue weighted by molar-refractivity contribution is -0.140. The van der Waals surface area contributed by atoms with Gasteiger partial charge >= 0.3 is 5.97 Å². The molecule has 0 radical (unpaired) electrons. The highest BCUT2D eigenvalue weighted by Gasteiger charge is 2.20. The lowest BCUT2D eigenvalue weighted by Gasteiger charge is -2.12. The highest BCUT2D eigenvalue weighted by atomic mass is 32.2. The van der Waals surface area contributed by atoms with Crippen molar-refractivity contribution in [2.45, 2.75) is 19.4 Å². The van der Waals surface area contributed by atoms with E-state index in [4.69, 9.17) is 5.11 Å². The summed E-state index contributed by atoms with van der Waals surface area (Å²) in [4.78, 5) is 21.2. The molecule has 15 heavy (non-hydrogen) atoms. The third-order valence-corrected chi connectivity index (χ3v) is 2.98. The molecule has 0 aromatic carbocycles. The van der Waals surface area contributed by atoms with Gasteiger partial charge in [-0.3, -0.25) is 13.4 Å². The average Bonchev–Trinajstić information content (AvgIpc) is 2.12. The number of aliphatic carboxylic acids is 1. The molecule has 0 fully saturated rings. The van der Waals surface area contributed by atoms with Crippen molar-refractivity contribution in [3.63, 3.8) is 0 Å². The van der Waals surface area contributed by atoms with E-state index in [9.17, 15) is 18.2 Å². The van der Waals surface area contributed by atoms with Crippen molar-refractivity contribution >= 4 is 22.7 Å².